The number of pyridine rings is 1. The number of carbonyl (C=O) groups excluding carboxylic acids is 2. The number of urea groups is 1. The molecule has 0 saturated carbocycles. The van der Waals surface area contributed by atoms with E-state index in [4.69, 9.17) is 0 Å². The molecule has 1 N–H and O–H groups in total. The number of nitrogens with one attached hydrogen (secondary N) is 1. The van der Waals surface area contributed by atoms with Gasteiger partial charge < -0.3 is 5.32 Å². The highest BCUT2D eigenvalue weighted by Gasteiger charge is 2.46. The maximum absolute atomic E-state index is 13.4. The lowest BCUT2D eigenvalue weighted by molar-refractivity contribution is -0.118. The number of carbonyl (C=O) groups is 2. The first-order valence-corrected chi connectivity index (χ1v) is 10.2. The number of nitrogens with zero attached hydrogens (tertiary/aromatic N) is 2. The van der Waals surface area contributed by atoms with Crippen molar-refractivity contribution in [3.8, 4) is 0 Å². The quantitative estimate of drug-likeness (QED) is 0.660. The van der Waals surface area contributed by atoms with Crippen LogP contribution in [0.25, 0.3) is 15.7 Å². The number of aromatic nitrogens is 1. The van der Waals surface area contributed by atoms with Gasteiger partial charge in [-0.05, 0) is 11.6 Å². The standard InChI is InChI=1S/C22H15F2N3O2S/c23-20(24)15-8-4-3-7-14(15)18-9-16-19(30-18)21(28)27(22(29)26-16)17-11-25-10-12-5-1-2-6-13(12)17/h1-11,16,19-20H,(H,26,29). The number of benzene rings is 2. The highest BCUT2D eigenvalue weighted by Crippen LogP contribution is 2.45. The van der Waals surface area contributed by atoms with Crippen molar-refractivity contribution in [2.24, 2.45) is 0 Å². The van der Waals surface area contributed by atoms with Crippen molar-refractivity contribution < 1.29 is 18.4 Å². The molecule has 2 unspecified atom stereocenters. The van der Waals surface area contributed by atoms with E-state index in [1.807, 2.05) is 24.3 Å². The number of hydrogen-bond donors (Lipinski definition) is 1. The zero-order valence-corrected chi connectivity index (χ0v) is 16.3. The Labute approximate surface area is 174 Å². The molecule has 3 heterocycles. The minimum atomic E-state index is -2.63. The summed E-state index contributed by atoms with van der Waals surface area (Å²) >= 11 is 1.19. The average Bonchev–Trinajstić information content (AvgIpc) is 3.18. The van der Waals surface area contributed by atoms with Crippen molar-refractivity contribution in [3.05, 3.63) is 78.1 Å². The molecule has 5 nitrogen and oxygen atoms in total. The number of alkyl halides is 2. The number of imide groups is 1. The van der Waals surface area contributed by atoms with Crippen LogP contribution in [0.5, 0.6) is 0 Å². The first kappa shape index (κ1) is 18.7. The second-order valence-corrected chi connectivity index (χ2v) is 8.17. The van der Waals surface area contributed by atoms with Gasteiger partial charge >= 0.3 is 6.03 Å². The summed E-state index contributed by atoms with van der Waals surface area (Å²) in [6.45, 7) is 0. The third-order valence-corrected chi connectivity index (χ3v) is 6.58. The van der Waals surface area contributed by atoms with Gasteiger partial charge in [-0.25, -0.2) is 18.5 Å². The van der Waals surface area contributed by atoms with E-state index in [-0.39, 0.29) is 5.56 Å². The number of hydrogen-bond acceptors (Lipinski definition) is 4. The monoisotopic (exact) mass is 423 g/mol. The molecule has 8 heteroatoms. The Bertz CT molecular complexity index is 1210. The molecule has 150 valence electrons. The topological polar surface area (TPSA) is 62.3 Å². The molecule has 2 aliphatic rings. The van der Waals surface area contributed by atoms with Crippen LogP contribution >= 0.6 is 11.8 Å². The first-order valence-electron chi connectivity index (χ1n) is 9.28. The van der Waals surface area contributed by atoms with Crippen LogP contribution < -0.4 is 10.2 Å². The van der Waals surface area contributed by atoms with Crippen molar-refractivity contribution >= 4 is 45.1 Å². The van der Waals surface area contributed by atoms with Crippen molar-refractivity contribution in [2.75, 3.05) is 4.90 Å². The smallest absolute Gasteiger partial charge is 0.329 e. The zero-order chi connectivity index (χ0) is 20.8. The second-order valence-electron chi connectivity index (χ2n) is 6.99. The van der Waals surface area contributed by atoms with Crippen molar-refractivity contribution in [2.45, 2.75) is 17.7 Å². The van der Waals surface area contributed by atoms with E-state index in [1.54, 1.807) is 30.5 Å². The SMILES string of the molecule is O=C1NC2C=C(c3ccccc3C(F)F)SC2C(=O)N1c1cncc2ccccc12. The molecule has 1 saturated heterocycles. The van der Waals surface area contributed by atoms with Crippen LogP contribution in [0.4, 0.5) is 19.3 Å². The van der Waals surface area contributed by atoms with E-state index < -0.39 is 29.7 Å². The summed E-state index contributed by atoms with van der Waals surface area (Å²) in [4.78, 5) is 31.9. The number of fused-ring (bicyclic) bond motifs is 2. The predicted octanol–water partition coefficient (Wildman–Crippen LogP) is 4.75. The molecule has 30 heavy (non-hydrogen) atoms. The lowest BCUT2D eigenvalue weighted by Gasteiger charge is -2.33. The molecule has 5 rings (SSSR count). The van der Waals surface area contributed by atoms with Crippen LogP contribution in [0.3, 0.4) is 0 Å². The van der Waals surface area contributed by atoms with Crippen LogP contribution in [-0.4, -0.2) is 28.2 Å². The number of amides is 3. The summed E-state index contributed by atoms with van der Waals surface area (Å²) in [7, 11) is 0. The van der Waals surface area contributed by atoms with Gasteiger partial charge in [0.2, 0.25) is 0 Å². The van der Waals surface area contributed by atoms with Gasteiger partial charge in [0.05, 0.1) is 17.9 Å². The highest BCUT2D eigenvalue weighted by atomic mass is 32.2. The van der Waals surface area contributed by atoms with Crippen molar-refractivity contribution in [3.63, 3.8) is 0 Å². The van der Waals surface area contributed by atoms with Gasteiger partial charge in [0.15, 0.2) is 0 Å². The molecular formula is C22H15F2N3O2S. The van der Waals surface area contributed by atoms with Crippen LogP contribution in [0, 0.1) is 0 Å². The Morgan fingerprint density at radius 1 is 1.03 bits per heavy atom. The Morgan fingerprint density at radius 2 is 1.80 bits per heavy atom. The Hall–Kier alpha value is -3.26. The average molecular weight is 423 g/mol. The van der Waals surface area contributed by atoms with E-state index in [9.17, 15) is 18.4 Å². The van der Waals surface area contributed by atoms with Crippen LogP contribution in [0.1, 0.15) is 17.6 Å². The molecule has 0 spiro atoms. The first-order chi connectivity index (χ1) is 14.5. The predicted molar refractivity (Wildman–Crippen MR) is 112 cm³/mol. The van der Waals surface area contributed by atoms with E-state index in [1.165, 1.54) is 24.0 Å². The molecule has 3 aromatic rings. The van der Waals surface area contributed by atoms with Gasteiger partial charge in [0, 0.05) is 27.4 Å². The Balaban J connectivity index is 1.51. The number of anilines is 1. The maximum Gasteiger partial charge on any atom is 0.329 e. The molecule has 3 amide bonds. The molecule has 2 aliphatic heterocycles. The molecule has 0 radical (unpaired) electrons. The van der Waals surface area contributed by atoms with Gasteiger partial charge in [0.25, 0.3) is 12.3 Å². The van der Waals surface area contributed by atoms with Gasteiger partial charge in [-0.2, -0.15) is 0 Å². The summed E-state index contributed by atoms with van der Waals surface area (Å²) in [5.74, 6) is -0.396. The van der Waals surface area contributed by atoms with Gasteiger partial charge in [0.1, 0.15) is 5.25 Å². The van der Waals surface area contributed by atoms with E-state index in [0.29, 0.717) is 16.2 Å². The van der Waals surface area contributed by atoms with E-state index in [2.05, 4.69) is 10.3 Å². The molecular weight excluding hydrogens is 408 g/mol. The number of rotatable bonds is 3. The molecule has 2 aromatic carbocycles. The van der Waals surface area contributed by atoms with Gasteiger partial charge in [-0.3, -0.25) is 9.78 Å². The fourth-order valence-electron chi connectivity index (χ4n) is 3.83. The minimum Gasteiger partial charge on any atom is -0.329 e. The minimum absolute atomic E-state index is 0.0937. The summed E-state index contributed by atoms with van der Waals surface area (Å²) in [6, 6.07) is 12.5. The molecule has 2 atom stereocenters. The zero-order valence-electron chi connectivity index (χ0n) is 15.5. The van der Waals surface area contributed by atoms with Crippen molar-refractivity contribution in [1.82, 2.24) is 10.3 Å². The third kappa shape index (κ3) is 2.95. The Kier molecular flexibility index (Phi) is 4.51. The summed E-state index contributed by atoms with van der Waals surface area (Å²) in [5.41, 5.74) is 0.687. The molecule has 0 aliphatic carbocycles. The van der Waals surface area contributed by atoms with Crippen LogP contribution in [0.15, 0.2) is 67.0 Å². The molecule has 0 bridgehead atoms. The Morgan fingerprint density at radius 3 is 2.63 bits per heavy atom. The van der Waals surface area contributed by atoms with Gasteiger partial charge in [-0.1, -0.05) is 48.5 Å². The lowest BCUT2D eigenvalue weighted by Crippen LogP contribution is -2.60. The number of thioether (sulfide) groups is 1. The molecule has 1 aromatic heterocycles. The third-order valence-electron chi connectivity index (χ3n) is 5.22. The second kappa shape index (κ2) is 7.21. The van der Waals surface area contributed by atoms with Crippen LogP contribution in [-0.2, 0) is 4.79 Å². The largest absolute Gasteiger partial charge is 0.329 e. The van der Waals surface area contributed by atoms with Crippen molar-refractivity contribution in [1.29, 1.82) is 0 Å². The summed E-state index contributed by atoms with van der Waals surface area (Å²) in [5, 5.41) is 3.72. The number of halogens is 2. The lowest BCUT2D eigenvalue weighted by atomic mass is 10.0. The fraction of sp³-hybridized carbons (Fsp3) is 0.136. The normalized spacial score (nSPS) is 21.0. The van der Waals surface area contributed by atoms with E-state index in [0.717, 1.165) is 15.7 Å². The van der Waals surface area contributed by atoms with Gasteiger partial charge in [-0.15, -0.1) is 11.8 Å². The van der Waals surface area contributed by atoms with E-state index >= 15 is 0 Å². The maximum atomic E-state index is 13.4. The summed E-state index contributed by atoms with van der Waals surface area (Å²) < 4.78 is 26.9. The highest BCUT2D eigenvalue weighted by molar-refractivity contribution is 8.09. The fourth-order valence-corrected chi connectivity index (χ4v) is 5.14. The van der Waals surface area contributed by atoms with Crippen LogP contribution in [0.2, 0.25) is 0 Å². The summed E-state index contributed by atoms with van der Waals surface area (Å²) in [6.07, 6.45) is 2.21. The molecule has 1 fully saturated rings.